The Bertz CT molecular complexity index is 587. The second-order valence-electron chi connectivity index (χ2n) is 6.97. The molecule has 3 atom stereocenters. The molecule has 0 radical (unpaired) electrons. The number of esters is 1. The van der Waals surface area contributed by atoms with Gasteiger partial charge in [0.25, 0.3) is 0 Å². The summed E-state index contributed by atoms with van der Waals surface area (Å²) in [7, 11) is 0. The van der Waals surface area contributed by atoms with Gasteiger partial charge in [-0.25, -0.2) is 4.79 Å². The smallest absolute Gasteiger partial charge is 0.408 e. The van der Waals surface area contributed by atoms with E-state index in [0.29, 0.717) is 12.2 Å². The molecule has 6 nitrogen and oxygen atoms in total. The molecule has 1 saturated heterocycles. The fraction of sp³-hybridized carbons (Fsp3) is 0.556. The largest absolute Gasteiger partial charge is 0.460 e. The maximum absolute atomic E-state index is 12.1. The van der Waals surface area contributed by atoms with Crippen molar-refractivity contribution in [2.75, 3.05) is 12.4 Å². The normalized spacial score (nSPS) is 21.5. The third-order valence-corrected chi connectivity index (χ3v) is 4.79. The number of carbonyl (C=O) groups is 2. The van der Waals surface area contributed by atoms with E-state index in [-0.39, 0.29) is 6.61 Å². The zero-order valence-electron chi connectivity index (χ0n) is 14.7. The van der Waals surface area contributed by atoms with Crippen LogP contribution in [0.2, 0.25) is 0 Å². The van der Waals surface area contributed by atoms with E-state index in [4.69, 9.17) is 9.47 Å². The van der Waals surface area contributed by atoms with Crippen molar-refractivity contribution >= 4 is 23.8 Å². The van der Waals surface area contributed by atoms with Gasteiger partial charge >= 0.3 is 12.1 Å². The Labute approximate surface area is 152 Å². The molecule has 25 heavy (non-hydrogen) atoms. The highest BCUT2D eigenvalue weighted by Crippen LogP contribution is 2.27. The number of benzene rings is 1. The molecule has 2 N–H and O–H groups in total. The number of ether oxygens (including phenoxy) is 2. The number of aliphatic hydroxyl groups excluding tert-OH is 1. The Kier molecular flexibility index (Phi) is 6.72. The minimum Gasteiger partial charge on any atom is -0.460 e. The number of cyclic esters (lactones) is 1. The van der Waals surface area contributed by atoms with Gasteiger partial charge in [0.15, 0.2) is 0 Å². The van der Waals surface area contributed by atoms with E-state index < -0.39 is 35.7 Å². The minimum absolute atomic E-state index is 0.250. The van der Waals surface area contributed by atoms with E-state index in [1.54, 1.807) is 32.5 Å². The van der Waals surface area contributed by atoms with Gasteiger partial charge in [-0.15, -0.1) is 11.8 Å². The molecule has 0 saturated carbocycles. The second-order valence-corrected chi connectivity index (χ2v) is 8.06. The summed E-state index contributed by atoms with van der Waals surface area (Å²) >= 11 is 1.56. The predicted molar refractivity (Wildman–Crippen MR) is 95.4 cm³/mol. The zero-order chi connectivity index (χ0) is 18.4. The molecule has 1 aromatic rings. The Balaban J connectivity index is 2.03. The number of nitrogens with one attached hydrogen (secondary N) is 1. The first-order valence-electron chi connectivity index (χ1n) is 8.27. The first-order valence-corrected chi connectivity index (χ1v) is 9.26. The number of carbonyl (C=O) groups excluding carboxylic acids is 2. The SMILES string of the molecule is CC(C)(C)OC(=O)NC(CSc1ccccc1)C1CC(CO)C(=O)O1. The summed E-state index contributed by atoms with van der Waals surface area (Å²) < 4.78 is 10.7. The molecular formula is C18H25NO5S. The molecule has 0 spiro atoms. The van der Waals surface area contributed by atoms with Crippen molar-refractivity contribution in [1.29, 1.82) is 0 Å². The van der Waals surface area contributed by atoms with Gasteiger partial charge in [-0.2, -0.15) is 0 Å². The zero-order valence-corrected chi connectivity index (χ0v) is 15.5. The molecule has 1 aliphatic heterocycles. The molecule has 1 aromatic carbocycles. The average molecular weight is 367 g/mol. The van der Waals surface area contributed by atoms with Crippen molar-refractivity contribution in [2.45, 2.75) is 49.8 Å². The van der Waals surface area contributed by atoms with E-state index in [0.717, 1.165) is 4.90 Å². The number of alkyl carbamates (subject to hydrolysis) is 1. The maximum Gasteiger partial charge on any atom is 0.408 e. The standard InChI is InChI=1S/C18H25NO5S/c1-18(2,3)24-17(22)19-14(11-25-13-7-5-4-6-8-13)15-9-12(10-20)16(21)23-15/h4-8,12,14-15,20H,9-11H2,1-3H3,(H,19,22). The lowest BCUT2D eigenvalue weighted by molar-refractivity contribution is -0.145. The number of thioether (sulfide) groups is 1. The number of rotatable bonds is 6. The molecule has 0 bridgehead atoms. The Hall–Kier alpha value is -1.73. The molecule has 0 aliphatic carbocycles. The molecular weight excluding hydrogens is 342 g/mol. The third kappa shape index (κ3) is 6.25. The van der Waals surface area contributed by atoms with E-state index in [9.17, 15) is 14.7 Å². The molecule has 2 rings (SSSR count). The third-order valence-electron chi connectivity index (χ3n) is 3.66. The van der Waals surface area contributed by atoms with Crippen molar-refractivity contribution in [3.63, 3.8) is 0 Å². The second kappa shape index (κ2) is 8.58. The van der Waals surface area contributed by atoms with Crippen LogP contribution in [0.1, 0.15) is 27.2 Å². The molecule has 138 valence electrons. The highest BCUT2D eigenvalue weighted by atomic mass is 32.2. The molecule has 7 heteroatoms. The fourth-order valence-electron chi connectivity index (χ4n) is 2.47. The van der Waals surface area contributed by atoms with Gasteiger partial charge in [0.2, 0.25) is 0 Å². The predicted octanol–water partition coefficient (Wildman–Crippen LogP) is 2.60. The summed E-state index contributed by atoms with van der Waals surface area (Å²) in [5.41, 5.74) is -0.610. The van der Waals surface area contributed by atoms with Crippen LogP contribution < -0.4 is 5.32 Å². The Morgan fingerprint density at radius 3 is 2.64 bits per heavy atom. The van der Waals surface area contributed by atoms with Crippen molar-refractivity contribution < 1.29 is 24.2 Å². The van der Waals surface area contributed by atoms with Crippen molar-refractivity contribution in [2.24, 2.45) is 5.92 Å². The van der Waals surface area contributed by atoms with Crippen LogP contribution in [0.15, 0.2) is 35.2 Å². The molecule has 1 heterocycles. The van der Waals surface area contributed by atoms with Crippen LogP contribution in [-0.2, 0) is 14.3 Å². The lowest BCUT2D eigenvalue weighted by Crippen LogP contribution is -2.47. The van der Waals surface area contributed by atoms with Crippen LogP contribution in [-0.4, -0.2) is 47.3 Å². The number of hydrogen-bond acceptors (Lipinski definition) is 6. The number of amides is 1. The van der Waals surface area contributed by atoms with Crippen LogP contribution in [0.5, 0.6) is 0 Å². The Morgan fingerprint density at radius 1 is 1.40 bits per heavy atom. The molecule has 1 fully saturated rings. The highest BCUT2D eigenvalue weighted by molar-refractivity contribution is 7.99. The van der Waals surface area contributed by atoms with Crippen LogP contribution in [0.25, 0.3) is 0 Å². The van der Waals surface area contributed by atoms with Crippen LogP contribution in [0, 0.1) is 5.92 Å². The van der Waals surface area contributed by atoms with Gasteiger partial charge in [-0.1, -0.05) is 18.2 Å². The summed E-state index contributed by atoms with van der Waals surface area (Å²) in [5, 5.41) is 12.1. The van der Waals surface area contributed by atoms with Crippen LogP contribution in [0.3, 0.4) is 0 Å². The lowest BCUT2D eigenvalue weighted by atomic mass is 10.0. The monoisotopic (exact) mass is 367 g/mol. The van der Waals surface area contributed by atoms with E-state index >= 15 is 0 Å². The Morgan fingerprint density at radius 2 is 2.08 bits per heavy atom. The summed E-state index contributed by atoms with van der Waals surface area (Å²) in [6, 6.07) is 9.37. The van der Waals surface area contributed by atoms with Crippen LogP contribution >= 0.6 is 11.8 Å². The quantitative estimate of drug-likeness (QED) is 0.594. The van der Waals surface area contributed by atoms with Crippen molar-refractivity contribution in [1.82, 2.24) is 5.32 Å². The van der Waals surface area contributed by atoms with Gasteiger partial charge < -0.3 is 19.9 Å². The van der Waals surface area contributed by atoms with E-state index in [1.807, 2.05) is 30.3 Å². The number of hydrogen-bond donors (Lipinski definition) is 2. The minimum atomic E-state index is -0.610. The first-order chi connectivity index (χ1) is 11.8. The molecule has 1 aliphatic rings. The van der Waals surface area contributed by atoms with Gasteiger partial charge in [0.1, 0.15) is 11.7 Å². The summed E-state index contributed by atoms with van der Waals surface area (Å²) in [5.74, 6) is -0.429. The highest BCUT2D eigenvalue weighted by Gasteiger charge is 2.39. The average Bonchev–Trinajstić information content (AvgIpc) is 2.91. The van der Waals surface area contributed by atoms with Gasteiger partial charge in [-0.05, 0) is 32.9 Å². The first kappa shape index (κ1) is 19.6. The van der Waals surface area contributed by atoms with Gasteiger partial charge in [0, 0.05) is 17.1 Å². The summed E-state index contributed by atoms with van der Waals surface area (Å²) in [4.78, 5) is 25.0. The van der Waals surface area contributed by atoms with Crippen LogP contribution in [0.4, 0.5) is 4.79 Å². The molecule has 1 amide bonds. The molecule has 0 aromatic heterocycles. The van der Waals surface area contributed by atoms with Crippen molar-refractivity contribution in [3.8, 4) is 0 Å². The summed E-state index contributed by atoms with van der Waals surface area (Å²) in [6.45, 7) is 5.12. The van der Waals surface area contributed by atoms with E-state index in [2.05, 4.69) is 5.32 Å². The molecule has 3 unspecified atom stereocenters. The maximum atomic E-state index is 12.1. The van der Waals surface area contributed by atoms with Crippen molar-refractivity contribution in [3.05, 3.63) is 30.3 Å². The van der Waals surface area contributed by atoms with Gasteiger partial charge in [0.05, 0.1) is 18.6 Å². The summed E-state index contributed by atoms with van der Waals surface area (Å²) in [6.07, 6.45) is -0.645. The van der Waals surface area contributed by atoms with Gasteiger partial charge in [-0.3, -0.25) is 4.79 Å². The number of aliphatic hydroxyl groups is 1. The van der Waals surface area contributed by atoms with E-state index in [1.165, 1.54) is 0 Å². The lowest BCUT2D eigenvalue weighted by Gasteiger charge is -2.26. The topological polar surface area (TPSA) is 84.9 Å². The fourth-order valence-corrected chi connectivity index (χ4v) is 3.49.